The third-order valence-corrected chi connectivity index (χ3v) is 2.47. The number of unbranched alkanes of at least 4 members (excludes halogenated alkanes) is 1. The van der Waals surface area contributed by atoms with Crippen molar-refractivity contribution in [2.45, 2.75) is 12.8 Å². The summed E-state index contributed by atoms with van der Waals surface area (Å²) in [4.78, 5) is 21.3. The van der Waals surface area contributed by atoms with Crippen LogP contribution >= 0.6 is 0 Å². The Hall–Kier alpha value is -2.44. The number of nitrogens with one attached hydrogen (secondary N) is 1. The van der Waals surface area contributed by atoms with Crippen LogP contribution in [-0.4, -0.2) is 25.2 Å². The van der Waals surface area contributed by atoms with E-state index < -0.39 is 12.0 Å². The molecule has 0 aromatic heterocycles. The van der Waals surface area contributed by atoms with E-state index in [4.69, 9.17) is 17.2 Å². The fourth-order valence-electron chi connectivity index (χ4n) is 1.50. The van der Waals surface area contributed by atoms with Crippen LogP contribution in [0.1, 0.15) is 23.2 Å². The van der Waals surface area contributed by atoms with E-state index in [1.54, 1.807) is 12.1 Å². The molecule has 0 spiro atoms. The zero-order chi connectivity index (χ0) is 14.3. The first kappa shape index (κ1) is 14.6. The van der Waals surface area contributed by atoms with Crippen LogP contribution in [0.4, 0.5) is 16.2 Å². The molecule has 0 aliphatic heterocycles. The number of rotatable bonds is 7. The van der Waals surface area contributed by atoms with Crippen molar-refractivity contribution in [2.24, 2.45) is 11.5 Å². The van der Waals surface area contributed by atoms with Gasteiger partial charge in [0.1, 0.15) is 0 Å². The molecule has 0 aliphatic carbocycles. The van der Waals surface area contributed by atoms with E-state index >= 15 is 0 Å². The molecule has 7 heteroatoms. The molecule has 1 rings (SSSR count). The molecule has 1 aromatic rings. The topological polar surface area (TPSA) is 133 Å². The van der Waals surface area contributed by atoms with E-state index in [0.29, 0.717) is 30.8 Å². The number of hydrogen-bond acceptors (Lipinski definition) is 5. The number of anilines is 2. The fourth-order valence-corrected chi connectivity index (χ4v) is 1.50. The maximum Gasteiger partial charge on any atom is 0.404 e. The van der Waals surface area contributed by atoms with Gasteiger partial charge in [-0.05, 0) is 31.0 Å². The lowest BCUT2D eigenvalue weighted by Crippen LogP contribution is -2.14. The highest BCUT2D eigenvalue weighted by Crippen LogP contribution is 2.19. The minimum absolute atomic E-state index is 0.299. The van der Waals surface area contributed by atoms with Gasteiger partial charge in [-0.3, -0.25) is 4.79 Å². The van der Waals surface area contributed by atoms with Gasteiger partial charge in [-0.25, -0.2) is 4.79 Å². The number of carbonyl (C=O) groups is 2. The molecule has 0 saturated heterocycles. The highest BCUT2D eigenvalue weighted by atomic mass is 16.5. The van der Waals surface area contributed by atoms with Crippen LogP contribution in [0.3, 0.4) is 0 Å². The Balaban J connectivity index is 2.33. The van der Waals surface area contributed by atoms with Gasteiger partial charge in [-0.15, -0.1) is 0 Å². The van der Waals surface area contributed by atoms with Crippen LogP contribution in [-0.2, 0) is 4.74 Å². The minimum atomic E-state index is -0.765. The summed E-state index contributed by atoms with van der Waals surface area (Å²) in [5.41, 5.74) is 17.3. The van der Waals surface area contributed by atoms with E-state index in [1.165, 1.54) is 6.07 Å². The molecule has 19 heavy (non-hydrogen) atoms. The van der Waals surface area contributed by atoms with Gasteiger partial charge in [0, 0.05) is 12.1 Å². The summed E-state index contributed by atoms with van der Waals surface area (Å²) in [7, 11) is 0. The Kier molecular flexibility index (Phi) is 5.46. The van der Waals surface area contributed by atoms with Crippen molar-refractivity contribution < 1.29 is 14.3 Å². The Morgan fingerprint density at radius 2 is 1.95 bits per heavy atom. The molecule has 0 radical (unpaired) electrons. The predicted molar refractivity (Wildman–Crippen MR) is 72.6 cm³/mol. The molecule has 1 aromatic carbocycles. The van der Waals surface area contributed by atoms with Crippen molar-refractivity contribution in [1.29, 1.82) is 0 Å². The average Bonchev–Trinajstić information content (AvgIpc) is 2.34. The van der Waals surface area contributed by atoms with E-state index in [-0.39, 0.29) is 0 Å². The molecule has 0 unspecified atom stereocenters. The third-order valence-electron chi connectivity index (χ3n) is 2.47. The number of nitrogen functional groups attached to an aromatic ring is 1. The first-order chi connectivity index (χ1) is 9.00. The zero-order valence-electron chi connectivity index (χ0n) is 10.5. The van der Waals surface area contributed by atoms with Crippen LogP contribution in [0, 0.1) is 0 Å². The zero-order valence-corrected chi connectivity index (χ0v) is 10.5. The Labute approximate surface area is 111 Å². The van der Waals surface area contributed by atoms with Crippen molar-refractivity contribution in [3.8, 4) is 0 Å². The quantitative estimate of drug-likeness (QED) is 0.425. The van der Waals surface area contributed by atoms with E-state index in [2.05, 4.69) is 10.1 Å². The first-order valence-electron chi connectivity index (χ1n) is 5.86. The highest BCUT2D eigenvalue weighted by molar-refractivity contribution is 5.94. The lowest BCUT2D eigenvalue weighted by atomic mass is 10.1. The number of amides is 2. The highest BCUT2D eigenvalue weighted by Gasteiger charge is 2.04. The lowest BCUT2D eigenvalue weighted by molar-refractivity contribution is 0.1000. The molecule has 7 nitrogen and oxygen atoms in total. The molecular formula is C12H18N4O3. The molecule has 104 valence electrons. The van der Waals surface area contributed by atoms with Crippen LogP contribution < -0.4 is 22.5 Å². The van der Waals surface area contributed by atoms with Crippen molar-refractivity contribution >= 4 is 23.4 Å². The molecule has 0 atom stereocenters. The second-order valence-corrected chi connectivity index (χ2v) is 3.97. The number of carbonyl (C=O) groups excluding carboxylic acids is 2. The SMILES string of the molecule is NC(=O)OCCCCNc1ccc(C(N)=O)cc1N. The van der Waals surface area contributed by atoms with Gasteiger partial charge >= 0.3 is 6.09 Å². The molecule has 0 aliphatic rings. The second kappa shape index (κ2) is 7.10. The van der Waals surface area contributed by atoms with E-state index in [9.17, 15) is 9.59 Å². The number of nitrogens with two attached hydrogens (primary N) is 3. The van der Waals surface area contributed by atoms with Crippen molar-refractivity contribution in [3.05, 3.63) is 23.8 Å². The summed E-state index contributed by atoms with van der Waals surface area (Å²) in [6.45, 7) is 0.968. The summed E-state index contributed by atoms with van der Waals surface area (Å²) < 4.78 is 4.59. The van der Waals surface area contributed by atoms with Gasteiger partial charge in [-0.2, -0.15) is 0 Å². The molecule has 0 bridgehead atoms. The molecule has 2 amide bonds. The van der Waals surface area contributed by atoms with Gasteiger partial charge in [0.25, 0.3) is 0 Å². The largest absolute Gasteiger partial charge is 0.450 e. The molecule has 7 N–H and O–H groups in total. The maximum atomic E-state index is 10.9. The predicted octanol–water partition coefficient (Wildman–Crippen LogP) is 0.655. The third kappa shape index (κ3) is 5.15. The van der Waals surface area contributed by atoms with E-state index in [0.717, 1.165) is 12.1 Å². The average molecular weight is 266 g/mol. The van der Waals surface area contributed by atoms with Crippen molar-refractivity contribution in [2.75, 3.05) is 24.2 Å². The van der Waals surface area contributed by atoms with E-state index in [1.807, 2.05) is 0 Å². The Morgan fingerprint density at radius 3 is 2.53 bits per heavy atom. The van der Waals surface area contributed by atoms with Crippen LogP contribution in [0.25, 0.3) is 0 Å². The summed E-state index contributed by atoms with van der Waals surface area (Å²) in [5, 5.41) is 3.12. The minimum Gasteiger partial charge on any atom is -0.450 e. The fraction of sp³-hybridized carbons (Fsp3) is 0.333. The number of hydrogen-bond donors (Lipinski definition) is 4. The normalized spacial score (nSPS) is 9.89. The Bertz CT molecular complexity index is 462. The van der Waals surface area contributed by atoms with Gasteiger partial charge < -0.3 is 27.3 Å². The summed E-state index contributed by atoms with van der Waals surface area (Å²) in [5.74, 6) is -0.512. The van der Waals surface area contributed by atoms with Crippen molar-refractivity contribution in [3.63, 3.8) is 0 Å². The van der Waals surface area contributed by atoms with Gasteiger partial charge in [-0.1, -0.05) is 0 Å². The summed E-state index contributed by atoms with van der Waals surface area (Å²) in [6, 6.07) is 4.84. The standard InChI is InChI=1S/C12H18N4O3/c13-9-7-8(11(14)17)3-4-10(9)16-5-1-2-6-19-12(15)18/h3-4,7,16H,1-2,5-6,13H2,(H2,14,17)(H2,15,18). The van der Waals surface area contributed by atoms with Gasteiger partial charge in [0.2, 0.25) is 5.91 Å². The number of primary amides is 2. The lowest BCUT2D eigenvalue weighted by Gasteiger charge is -2.10. The number of ether oxygens (including phenoxy) is 1. The van der Waals surface area contributed by atoms with Crippen LogP contribution in [0.15, 0.2) is 18.2 Å². The first-order valence-corrected chi connectivity index (χ1v) is 5.86. The summed E-state index contributed by atoms with van der Waals surface area (Å²) >= 11 is 0. The van der Waals surface area contributed by atoms with Gasteiger partial charge in [0.05, 0.1) is 18.0 Å². The monoisotopic (exact) mass is 266 g/mol. The second-order valence-electron chi connectivity index (χ2n) is 3.97. The molecule has 0 heterocycles. The maximum absolute atomic E-state index is 10.9. The number of benzene rings is 1. The van der Waals surface area contributed by atoms with Crippen LogP contribution in [0.5, 0.6) is 0 Å². The van der Waals surface area contributed by atoms with Crippen LogP contribution in [0.2, 0.25) is 0 Å². The van der Waals surface area contributed by atoms with Gasteiger partial charge in [0.15, 0.2) is 0 Å². The molecule has 0 fully saturated rings. The smallest absolute Gasteiger partial charge is 0.404 e. The Morgan fingerprint density at radius 1 is 1.21 bits per heavy atom. The molecule has 0 saturated carbocycles. The molecular weight excluding hydrogens is 248 g/mol. The summed E-state index contributed by atoms with van der Waals surface area (Å²) in [6.07, 6.45) is 0.735. The van der Waals surface area contributed by atoms with Crippen molar-refractivity contribution in [1.82, 2.24) is 0 Å².